The SMILES string of the molecule is CCCCC(=O)O[C@@H](C)[C@H](C)OC(=O)[C@@H](N)Cc1ccc(OC(=O)C(C)C(C)C)c(OC(=O)C(C)C(C)C)c1. The summed E-state index contributed by atoms with van der Waals surface area (Å²) >= 11 is 0. The van der Waals surface area contributed by atoms with E-state index in [9.17, 15) is 19.2 Å². The van der Waals surface area contributed by atoms with Crippen LogP contribution in [0.4, 0.5) is 0 Å². The molecule has 0 aromatic heterocycles. The van der Waals surface area contributed by atoms with E-state index in [1.165, 1.54) is 6.07 Å². The molecule has 0 aliphatic rings. The first kappa shape index (κ1) is 34.1. The number of unbranched alkanes of at least 4 members (excludes halogenated alkanes) is 1. The van der Waals surface area contributed by atoms with Crippen LogP contribution in [-0.2, 0) is 35.1 Å². The minimum atomic E-state index is -1.03. The van der Waals surface area contributed by atoms with Gasteiger partial charge in [0, 0.05) is 6.42 Å². The zero-order valence-corrected chi connectivity index (χ0v) is 24.9. The lowest BCUT2D eigenvalue weighted by Gasteiger charge is -2.22. The van der Waals surface area contributed by atoms with Crippen molar-refractivity contribution < 1.29 is 38.1 Å². The van der Waals surface area contributed by atoms with Crippen LogP contribution in [0.3, 0.4) is 0 Å². The van der Waals surface area contributed by atoms with Crippen LogP contribution < -0.4 is 15.2 Å². The van der Waals surface area contributed by atoms with Crippen LogP contribution in [0.5, 0.6) is 11.5 Å². The summed E-state index contributed by atoms with van der Waals surface area (Å²) in [4.78, 5) is 49.8. The fourth-order valence-electron chi connectivity index (χ4n) is 3.18. The summed E-state index contributed by atoms with van der Waals surface area (Å²) in [7, 11) is 0. The van der Waals surface area contributed by atoms with Gasteiger partial charge < -0.3 is 24.7 Å². The summed E-state index contributed by atoms with van der Waals surface area (Å²) in [5, 5.41) is 0. The Bertz CT molecular complexity index is 974. The Morgan fingerprint density at radius 1 is 0.744 bits per heavy atom. The van der Waals surface area contributed by atoms with Gasteiger partial charge in [-0.2, -0.15) is 0 Å². The van der Waals surface area contributed by atoms with Gasteiger partial charge in [-0.05, 0) is 56.2 Å². The van der Waals surface area contributed by atoms with Gasteiger partial charge >= 0.3 is 23.9 Å². The number of benzene rings is 1. The second-order valence-corrected chi connectivity index (χ2v) is 10.9. The van der Waals surface area contributed by atoms with Crippen LogP contribution in [0.1, 0.15) is 87.1 Å². The lowest BCUT2D eigenvalue weighted by molar-refractivity contribution is -0.166. The Labute approximate surface area is 233 Å². The Balaban J connectivity index is 3.00. The van der Waals surface area contributed by atoms with E-state index in [2.05, 4.69) is 0 Å². The van der Waals surface area contributed by atoms with Crippen molar-refractivity contribution in [3.8, 4) is 11.5 Å². The van der Waals surface area contributed by atoms with Gasteiger partial charge in [0.15, 0.2) is 11.5 Å². The molecule has 1 aromatic carbocycles. The molecule has 9 nitrogen and oxygen atoms in total. The number of hydrogen-bond donors (Lipinski definition) is 1. The van der Waals surface area contributed by atoms with Gasteiger partial charge in [0.1, 0.15) is 18.2 Å². The van der Waals surface area contributed by atoms with Gasteiger partial charge in [-0.25, -0.2) is 0 Å². The van der Waals surface area contributed by atoms with Crippen molar-refractivity contribution in [1.29, 1.82) is 0 Å². The topological polar surface area (TPSA) is 131 Å². The number of ether oxygens (including phenoxy) is 4. The maximum atomic E-state index is 12.7. The maximum Gasteiger partial charge on any atom is 0.323 e. The third-order valence-corrected chi connectivity index (χ3v) is 6.95. The molecule has 0 fully saturated rings. The van der Waals surface area contributed by atoms with Crippen LogP contribution in [0.25, 0.3) is 0 Å². The quantitative estimate of drug-likeness (QED) is 0.237. The molecule has 1 aromatic rings. The summed E-state index contributed by atoms with van der Waals surface area (Å²) in [6, 6.07) is 3.70. The molecule has 0 bridgehead atoms. The molecule has 0 radical (unpaired) electrons. The van der Waals surface area contributed by atoms with E-state index < -0.39 is 36.2 Å². The highest BCUT2D eigenvalue weighted by Gasteiger charge is 2.27. The first-order valence-electron chi connectivity index (χ1n) is 13.9. The molecule has 0 saturated carbocycles. The molecule has 5 atom stereocenters. The van der Waals surface area contributed by atoms with Crippen LogP contribution >= 0.6 is 0 Å². The standard InChI is InChI=1S/C30H47NO8/c1-10-11-12-27(32)36-21(8)22(9)37-30(35)24(31)15-23-13-14-25(38-28(33)19(6)17(2)3)26(16-23)39-29(34)20(7)18(4)5/h13-14,16-22,24H,10-12,15,31H2,1-9H3/t19?,20?,21-,22-,24-/m0/s1. The molecule has 0 aliphatic heterocycles. The van der Waals surface area contributed by atoms with Crippen molar-refractivity contribution in [2.24, 2.45) is 29.4 Å². The van der Waals surface area contributed by atoms with E-state index >= 15 is 0 Å². The highest BCUT2D eigenvalue weighted by molar-refractivity contribution is 5.79. The fraction of sp³-hybridized carbons (Fsp3) is 0.667. The third kappa shape index (κ3) is 11.4. The molecular formula is C30H47NO8. The second kappa shape index (κ2) is 16.2. The zero-order chi connectivity index (χ0) is 29.9. The summed E-state index contributed by atoms with van der Waals surface area (Å²) < 4.78 is 22.0. The summed E-state index contributed by atoms with van der Waals surface area (Å²) in [6.07, 6.45) is 0.686. The Hall–Kier alpha value is -2.94. The predicted octanol–water partition coefficient (Wildman–Crippen LogP) is 5.01. The minimum absolute atomic E-state index is 0.0474. The number of esters is 4. The zero-order valence-electron chi connectivity index (χ0n) is 24.9. The van der Waals surface area contributed by atoms with Gasteiger partial charge in [-0.3, -0.25) is 19.2 Å². The molecule has 39 heavy (non-hydrogen) atoms. The Morgan fingerprint density at radius 2 is 1.26 bits per heavy atom. The normalized spacial score (nSPS) is 15.2. The molecule has 0 saturated heterocycles. The van der Waals surface area contributed by atoms with Crippen molar-refractivity contribution in [3.63, 3.8) is 0 Å². The molecule has 220 valence electrons. The first-order valence-corrected chi connectivity index (χ1v) is 13.9. The lowest BCUT2D eigenvalue weighted by atomic mass is 9.98. The molecule has 2 unspecified atom stereocenters. The van der Waals surface area contributed by atoms with Gasteiger partial charge in [0.25, 0.3) is 0 Å². The predicted molar refractivity (Wildman–Crippen MR) is 148 cm³/mol. The highest BCUT2D eigenvalue weighted by Crippen LogP contribution is 2.31. The molecule has 0 heterocycles. The minimum Gasteiger partial charge on any atom is -0.459 e. The highest BCUT2D eigenvalue weighted by atomic mass is 16.6. The molecular weight excluding hydrogens is 502 g/mol. The third-order valence-electron chi connectivity index (χ3n) is 6.95. The van der Waals surface area contributed by atoms with E-state index in [1.54, 1.807) is 39.8 Å². The van der Waals surface area contributed by atoms with Crippen molar-refractivity contribution >= 4 is 23.9 Å². The molecule has 0 aliphatic carbocycles. The smallest absolute Gasteiger partial charge is 0.323 e. The fourth-order valence-corrected chi connectivity index (χ4v) is 3.18. The molecule has 2 N–H and O–H groups in total. The summed E-state index contributed by atoms with van der Waals surface area (Å²) in [5.41, 5.74) is 6.71. The number of carbonyl (C=O) groups excluding carboxylic acids is 4. The largest absolute Gasteiger partial charge is 0.459 e. The van der Waals surface area contributed by atoms with E-state index in [1.807, 2.05) is 34.6 Å². The number of rotatable bonds is 15. The van der Waals surface area contributed by atoms with E-state index in [-0.39, 0.29) is 47.6 Å². The van der Waals surface area contributed by atoms with Crippen molar-refractivity contribution in [3.05, 3.63) is 23.8 Å². The van der Waals surface area contributed by atoms with Crippen LogP contribution in [0.15, 0.2) is 18.2 Å². The van der Waals surface area contributed by atoms with Gasteiger partial charge in [0.2, 0.25) is 0 Å². The second-order valence-electron chi connectivity index (χ2n) is 10.9. The van der Waals surface area contributed by atoms with Gasteiger partial charge in [0.05, 0.1) is 11.8 Å². The van der Waals surface area contributed by atoms with Crippen LogP contribution in [0.2, 0.25) is 0 Å². The average molecular weight is 550 g/mol. The maximum absolute atomic E-state index is 12.7. The summed E-state index contributed by atoms with van der Waals surface area (Å²) in [5.74, 6) is -2.34. The average Bonchev–Trinajstić information content (AvgIpc) is 2.87. The lowest BCUT2D eigenvalue weighted by Crippen LogP contribution is -2.39. The molecule has 0 spiro atoms. The number of carbonyl (C=O) groups is 4. The van der Waals surface area contributed by atoms with Crippen molar-refractivity contribution in [2.45, 2.75) is 106 Å². The Kier molecular flexibility index (Phi) is 14.2. The number of nitrogens with two attached hydrogens (primary N) is 1. The van der Waals surface area contributed by atoms with Crippen molar-refractivity contribution in [1.82, 2.24) is 0 Å². The van der Waals surface area contributed by atoms with Crippen molar-refractivity contribution in [2.75, 3.05) is 0 Å². The van der Waals surface area contributed by atoms with Crippen LogP contribution in [0, 0.1) is 23.7 Å². The monoisotopic (exact) mass is 549 g/mol. The van der Waals surface area contributed by atoms with E-state index in [4.69, 9.17) is 24.7 Å². The number of hydrogen-bond acceptors (Lipinski definition) is 9. The van der Waals surface area contributed by atoms with Gasteiger partial charge in [-0.15, -0.1) is 0 Å². The summed E-state index contributed by atoms with van der Waals surface area (Å²) in [6.45, 7) is 16.5. The van der Waals surface area contributed by atoms with Gasteiger partial charge in [-0.1, -0.05) is 61.0 Å². The molecule has 9 heteroatoms. The van der Waals surface area contributed by atoms with Crippen LogP contribution in [-0.4, -0.2) is 42.1 Å². The first-order chi connectivity index (χ1) is 18.2. The van der Waals surface area contributed by atoms with E-state index in [0.717, 1.165) is 12.8 Å². The Morgan fingerprint density at radius 3 is 1.77 bits per heavy atom. The molecule has 1 rings (SSSR count). The molecule has 0 amide bonds. The van der Waals surface area contributed by atoms with E-state index in [0.29, 0.717) is 12.0 Å².